The van der Waals surface area contributed by atoms with Gasteiger partial charge in [0.25, 0.3) is 10.0 Å². The smallest absolute Gasteiger partial charge is 0.255 e. The van der Waals surface area contributed by atoms with Crippen LogP contribution in [-0.2, 0) is 16.6 Å². The molecule has 2 N–H and O–H groups in total. The summed E-state index contributed by atoms with van der Waals surface area (Å²) >= 11 is 0. The summed E-state index contributed by atoms with van der Waals surface area (Å²) in [4.78, 5) is 3.20. The molecule has 7 heteroatoms. The maximum Gasteiger partial charge on any atom is 0.255 e. The van der Waals surface area contributed by atoms with Crippen LogP contribution in [-0.4, -0.2) is 13.4 Å². The lowest BCUT2D eigenvalue weighted by molar-refractivity contribution is 0.302. The second-order valence-electron chi connectivity index (χ2n) is 3.78. The van der Waals surface area contributed by atoms with Gasteiger partial charge >= 0.3 is 0 Å². The molecule has 0 atom stereocenters. The highest BCUT2D eigenvalue weighted by Gasteiger charge is 2.13. The van der Waals surface area contributed by atoms with Crippen molar-refractivity contribution in [2.45, 2.75) is 11.6 Å². The topological polar surface area (TPSA) is 82.3 Å². The van der Waals surface area contributed by atoms with Crippen LogP contribution in [0.5, 0.6) is 5.75 Å². The van der Waals surface area contributed by atoms with E-state index in [1.165, 1.54) is 0 Å². The lowest BCUT2D eigenvalue weighted by atomic mass is 10.2. The summed E-state index contributed by atoms with van der Waals surface area (Å²) in [6.45, 7) is 0.189. The van der Waals surface area contributed by atoms with Gasteiger partial charge < -0.3 is 4.74 Å². The number of primary sulfonamides is 1. The van der Waals surface area contributed by atoms with Crippen LogP contribution in [0.4, 0.5) is 4.39 Å². The lowest BCUT2D eigenvalue weighted by Crippen LogP contribution is -2.14. The first-order valence-electron chi connectivity index (χ1n) is 5.32. The van der Waals surface area contributed by atoms with Crippen LogP contribution >= 0.6 is 0 Å². The van der Waals surface area contributed by atoms with E-state index in [4.69, 9.17) is 9.88 Å². The number of pyridine rings is 1. The van der Waals surface area contributed by atoms with Crippen molar-refractivity contribution < 1.29 is 17.5 Å². The fourth-order valence-corrected chi connectivity index (χ4v) is 1.92. The minimum absolute atomic E-state index is 0.0559. The van der Waals surface area contributed by atoms with Crippen LogP contribution in [0, 0.1) is 5.95 Å². The van der Waals surface area contributed by atoms with Crippen molar-refractivity contribution in [1.29, 1.82) is 0 Å². The van der Waals surface area contributed by atoms with E-state index in [-0.39, 0.29) is 12.4 Å². The van der Waals surface area contributed by atoms with Crippen LogP contribution in [0.3, 0.4) is 0 Å². The number of nitrogens with two attached hydrogens (primary N) is 1. The molecule has 1 heterocycles. The normalized spacial score (nSPS) is 11.3. The zero-order chi connectivity index (χ0) is 13.9. The number of hydrogen-bond donors (Lipinski definition) is 1. The third-order valence-electron chi connectivity index (χ3n) is 2.28. The molecule has 19 heavy (non-hydrogen) atoms. The molecule has 5 nitrogen and oxygen atoms in total. The molecule has 0 aliphatic rings. The number of sulfonamides is 1. The summed E-state index contributed by atoms with van der Waals surface area (Å²) in [6, 6.07) is 11.3. The quantitative estimate of drug-likeness (QED) is 0.860. The van der Waals surface area contributed by atoms with Gasteiger partial charge in [0.05, 0.1) is 0 Å². The fourth-order valence-electron chi connectivity index (χ4n) is 1.42. The molecule has 1 aromatic heterocycles. The molecule has 0 unspecified atom stereocenters. The molecule has 0 fully saturated rings. The van der Waals surface area contributed by atoms with Gasteiger partial charge in [0, 0.05) is 12.1 Å². The summed E-state index contributed by atoms with van der Waals surface area (Å²) < 4.78 is 40.7. The van der Waals surface area contributed by atoms with E-state index < -0.39 is 21.0 Å². The second-order valence-corrected chi connectivity index (χ2v) is 5.29. The highest BCUT2D eigenvalue weighted by molar-refractivity contribution is 7.89. The van der Waals surface area contributed by atoms with Gasteiger partial charge in [-0.05, 0) is 5.56 Å². The molecule has 2 aromatic rings. The zero-order valence-corrected chi connectivity index (χ0v) is 10.6. The molecule has 0 saturated heterocycles. The van der Waals surface area contributed by atoms with Gasteiger partial charge in [-0.2, -0.15) is 4.39 Å². The monoisotopic (exact) mass is 282 g/mol. The van der Waals surface area contributed by atoms with Crippen molar-refractivity contribution in [2.75, 3.05) is 0 Å². The molecule has 0 saturated carbocycles. The Hall–Kier alpha value is -1.99. The van der Waals surface area contributed by atoms with Crippen LogP contribution in [0.25, 0.3) is 0 Å². The summed E-state index contributed by atoms with van der Waals surface area (Å²) in [5, 5.41) is 4.33. The number of nitrogens with zero attached hydrogens (tertiary/aromatic N) is 1. The second kappa shape index (κ2) is 5.33. The average molecular weight is 282 g/mol. The highest BCUT2D eigenvalue weighted by Crippen LogP contribution is 2.17. The summed E-state index contributed by atoms with van der Waals surface area (Å²) in [6.07, 6.45) is 0. The third-order valence-corrected chi connectivity index (χ3v) is 3.08. The summed E-state index contributed by atoms with van der Waals surface area (Å²) in [7, 11) is -4.06. The Morgan fingerprint density at radius 3 is 2.53 bits per heavy atom. The summed E-state index contributed by atoms with van der Waals surface area (Å²) in [5.74, 6) is -0.907. The van der Waals surface area contributed by atoms with Crippen LogP contribution < -0.4 is 9.88 Å². The zero-order valence-electron chi connectivity index (χ0n) is 9.78. The Morgan fingerprint density at radius 2 is 1.89 bits per heavy atom. The van der Waals surface area contributed by atoms with Gasteiger partial charge in [0.1, 0.15) is 12.4 Å². The Labute approximate surface area is 109 Å². The van der Waals surface area contributed by atoms with Crippen molar-refractivity contribution in [3.05, 3.63) is 54.0 Å². The maximum absolute atomic E-state index is 13.2. The molecule has 0 amide bonds. The van der Waals surface area contributed by atoms with Gasteiger partial charge in [-0.3, -0.25) is 0 Å². The van der Waals surface area contributed by atoms with Crippen molar-refractivity contribution in [3.8, 4) is 5.75 Å². The van der Waals surface area contributed by atoms with Crippen LogP contribution in [0.15, 0.2) is 47.5 Å². The number of rotatable bonds is 4. The Balaban J connectivity index is 2.19. The minimum Gasteiger partial charge on any atom is -0.489 e. The first-order valence-corrected chi connectivity index (χ1v) is 6.87. The minimum atomic E-state index is -4.06. The molecular weight excluding hydrogens is 271 g/mol. The van der Waals surface area contributed by atoms with Gasteiger partial charge in [-0.15, -0.1) is 0 Å². The van der Waals surface area contributed by atoms with E-state index >= 15 is 0 Å². The molecule has 1 aromatic carbocycles. The van der Waals surface area contributed by atoms with Crippen molar-refractivity contribution in [2.24, 2.45) is 5.14 Å². The van der Waals surface area contributed by atoms with Gasteiger partial charge in [-0.1, -0.05) is 30.3 Å². The Kier molecular flexibility index (Phi) is 3.77. The van der Waals surface area contributed by atoms with E-state index in [9.17, 15) is 12.8 Å². The first kappa shape index (κ1) is 13.4. The predicted molar refractivity (Wildman–Crippen MR) is 66.3 cm³/mol. The maximum atomic E-state index is 13.2. The van der Waals surface area contributed by atoms with Gasteiger partial charge in [0.15, 0.2) is 5.03 Å². The standard InChI is InChI=1S/C12H11FN2O3S/c13-11-6-10(7-12(15-11)19(14,16)17)18-8-9-4-2-1-3-5-9/h1-7H,8H2,(H2,14,16,17). The molecule has 0 bridgehead atoms. The highest BCUT2D eigenvalue weighted by atomic mass is 32.2. The number of aromatic nitrogens is 1. The fraction of sp³-hybridized carbons (Fsp3) is 0.0833. The molecular formula is C12H11FN2O3S. The molecule has 100 valence electrons. The molecule has 0 aliphatic carbocycles. The number of ether oxygens (including phenoxy) is 1. The Morgan fingerprint density at radius 1 is 1.21 bits per heavy atom. The lowest BCUT2D eigenvalue weighted by Gasteiger charge is -2.07. The first-order chi connectivity index (χ1) is 8.95. The molecule has 0 aliphatic heterocycles. The number of hydrogen-bond acceptors (Lipinski definition) is 4. The summed E-state index contributed by atoms with van der Waals surface area (Å²) in [5.41, 5.74) is 0.872. The molecule has 2 rings (SSSR count). The van der Waals surface area contributed by atoms with E-state index in [1.807, 2.05) is 30.3 Å². The van der Waals surface area contributed by atoms with Crippen molar-refractivity contribution in [3.63, 3.8) is 0 Å². The largest absolute Gasteiger partial charge is 0.489 e. The Bertz CT molecular complexity index is 675. The van der Waals surface area contributed by atoms with Gasteiger partial charge in [0.2, 0.25) is 5.95 Å². The third kappa shape index (κ3) is 3.73. The van der Waals surface area contributed by atoms with E-state index in [1.54, 1.807) is 0 Å². The van der Waals surface area contributed by atoms with E-state index in [0.29, 0.717) is 0 Å². The van der Waals surface area contributed by atoms with E-state index in [0.717, 1.165) is 17.7 Å². The predicted octanol–water partition coefficient (Wildman–Crippen LogP) is 1.45. The number of halogens is 1. The molecule has 0 spiro atoms. The van der Waals surface area contributed by atoms with E-state index in [2.05, 4.69) is 4.98 Å². The van der Waals surface area contributed by atoms with Crippen LogP contribution in [0.1, 0.15) is 5.56 Å². The van der Waals surface area contributed by atoms with Crippen molar-refractivity contribution in [1.82, 2.24) is 4.98 Å². The average Bonchev–Trinajstić information content (AvgIpc) is 2.36. The van der Waals surface area contributed by atoms with Gasteiger partial charge in [-0.25, -0.2) is 18.5 Å². The SMILES string of the molecule is NS(=O)(=O)c1cc(OCc2ccccc2)cc(F)n1. The van der Waals surface area contributed by atoms with Crippen LogP contribution in [0.2, 0.25) is 0 Å². The number of benzene rings is 1. The molecule has 0 radical (unpaired) electrons. The van der Waals surface area contributed by atoms with Crippen molar-refractivity contribution >= 4 is 10.0 Å².